The number of hydrogen-bond donors (Lipinski definition) is 0. The van der Waals surface area contributed by atoms with Gasteiger partial charge in [0.2, 0.25) is 0 Å². The molecule has 1 heterocycles. The van der Waals surface area contributed by atoms with Crippen molar-refractivity contribution < 1.29 is 9.53 Å². The molecule has 0 fully saturated rings. The third-order valence-corrected chi connectivity index (χ3v) is 4.33. The molecule has 0 aliphatic rings. The van der Waals surface area contributed by atoms with Crippen LogP contribution in [0.5, 0.6) is 5.75 Å². The zero-order valence-corrected chi connectivity index (χ0v) is 13.1. The number of rotatable bonds is 5. The zero-order valence-electron chi connectivity index (χ0n) is 12.3. The van der Waals surface area contributed by atoms with E-state index in [2.05, 4.69) is 0 Å². The molecule has 22 heavy (non-hydrogen) atoms. The maximum absolute atomic E-state index is 12.4. The van der Waals surface area contributed by atoms with Gasteiger partial charge >= 0.3 is 0 Å². The minimum atomic E-state index is 0.0336. The highest BCUT2D eigenvalue weighted by atomic mass is 32.1. The van der Waals surface area contributed by atoms with Crippen molar-refractivity contribution in [3.05, 3.63) is 71.1 Å². The van der Waals surface area contributed by atoms with Gasteiger partial charge in [0.25, 0.3) is 0 Å². The van der Waals surface area contributed by atoms with Crippen molar-refractivity contribution in [3.63, 3.8) is 0 Å². The summed E-state index contributed by atoms with van der Waals surface area (Å²) in [5, 5.41) is 2.95. The largest absolute Gasteiger partial charge is 0.494 e. The molecule has 2 nitrogen and oxygen atoms in total. The van der Waals surface area contributed by atoms with E-state index in [4.69, 9.17) is 4.74 Å². The maximum Gasteiger partial charge on any atom is 0.187 e. The highest BCUT2D eigenvalue weighted by molar-refractivity contribution is 7.17. The van der Waals surface area contributed by atoms with Crippen molar-refractivity contribution in [1.82, 2.24) is 0 Å². The number of ether oxygens (including phenoxy) is 1. The van der Waals surface area contributed by atoms with Gasteiger partial charge in [-0.05, 0) is 36.8 Å². The number of allylic oxidation sites excluding steroid dienone is 1. The highest BCUT2D eigenvalue weighted by Gasteiger charge is 2.08. The van der Waals surface area contributed by atoms with Crippen LogP contribution in [0.15, 0.2) is 60.0 Å². The minimum absolute atomic E-state index is 0.0336. The van der Waals surface area contributed by atoms with Crippen molar-refractivity contribution >= 4 is 33.3 Å². The van der Waals surface area contributed by atoms with E-state index in [-0.39, 0.29) is 5.78 Å². The summed E-state index contributed by atoms with van der Waals surface area (Å²) in [5.41, 5.74) is 1.75. The van der Waals surface area contributed by atoms with E-state index in [0.717, 1.165) is 27.0 Å². The SMILES string of the molecule is CCOc1ccc(C=CC(=O)c2csc3ccccc23)cc1. The topological polar surface area (TPSA) is 26.3 Å². The van der Waals surface area contributed by atoms with Gasteiger partial charge in [-0.2, -0.15) is 0 Å². The predicted molar refractivity (Wildman–Crippen MR) is 92.8 cm³/mol. The van der Waals surface area contributed by atoms with Gasteiger partial charge in [0.15, 0.2) is 5.78 Å². The van der Waals surface area contributed by atoms with E-state index in [1.807, 2.05) is 66.9 Å². The lowest BCUT2D eigenvalue weighted by molar-refractivity contribution is 0.104. The zero-order chi connectivity index (χ0) is 15.4. The van der Waals surface area contributed by atoms with Crippen LogP contribution < -0.4 is 4.74 Å². The van der Waals surface area contributed by atoms with Gasteiger partial charge in [0, 0.05) is 21.0 Å². The second-order valence-corrected chi connectivity index (χ2v) is 5.76. The molecule has 0 amide bonds. The number of hydrogen-bond acceptors (Lipinski definition) is 3. The van der Waals surface area contributed by atoms with Crippen molar-refractivity contribution in [3.8, 4) is 5.75 Å². The quantitative estimate of drug-likeness (QED) is 0.478. The second-order valence-electron chi connectivity index (χ2n) is 4.85. The number of carbonyl (C=O) groups excluding carboxylic acids is 1. The number of thiophene rings is 1. The van der Waals surface area contributed by atoms with Gasteiger partial charge in [0.1, 0.15) is 5.75 Å². The summed E-state index contributed by atoms with van der Waals surface area (Å²) in [6.45, 7) is 2.61. The molecule has 1 aromatic heterocycles. The van der Waals surface area contributed by atoms with E-state index < -0.39 is 0 Å². The fourth-order valence-electron chi connectivity index (χ4n) is 2.27. The summed E-state index contributed by atoms with van der Waals surface area (Å²) in [7, 11) is 0. The van der Waals surface area contributed by atoms with E-state index in [1.54, 1.807) is 17.4 Å². The van der Waals surface area contributed by atoms with Crippen LogP contribution in [0.2, 0.25) is 0 Å². The summed E-state index contributed by atoms with van der Waals surface area (Å²) >= 11 is 1.60. The van der Waals surface area contributed by atoms with Crippen LogP contribution in [0.4, 0.5) is 0 Å². The molecule has 0 aliphatic carbocycles. The highest BCUT2D eigenvalue weighted by Crippen LogP contribution is 2.26. The lowest BCUT2D eigenvalue weighted by Crippen LogP contribution is -1.92. The van der Waals surface area contributed by atoms with Gasteiger partial charge in [-0.3, -0.25) is 4.79 Å². The molecule has 110 valence electrons. The Kier molecular flexibility index (Phi) is 4.35. The van der Waals surface area contributed by atoms with Crippen LogP contribution in [0, 0.1) is 0 Å². The van der Waals surface area contributed by atoms with Gasteiger partial charge in [-0.15, -0.1) is 11.3 Å². The molecule has 2 aromatic carbocycles. The smallest absolute Gasteiger partial charge is 0.187 e. The van der Waals surface area contributed by atoms with Crippen LogP contribution in [-0.4, -0.2) is 12.4 Å². The Bertz CT molecular complexity index is 813. The van der Waals surface area contributed by atoms with Crippen LogP contribution in [0.3, 0.4) is 0 Å². The van der Waals surface area contributed by atoms with Crippen LogP contribution in [-0.2, 0) is 0 Å². The molecule has 3 heteroatoms. The van der Waals surface area contributed by atoms with E-state index in [1.165, 1.54) is 0 Å². The fraction of sp³-hybridized carbons (Fsp3) is 0.105. The summed E-state index contributed by atoms with van der Waals surface area (Å²) in [4.78, 5) is 12.4. The van der Waals surface area contributed by atoms with Crippen molar-refractivity contribution in [2.75, 3.05) is 6.61 Å². The van der Waals surface area contributed by atoms with Crippen LogP contribution in [0.1, 0.15) is 22.8 Å². The summed E-state index contributed by atoms with van der Waals surface area (Å²) < 4.78 is 6.54. The summed E-state index contributed by atoms with van der Waals surface area (Å²) in [6, 6.07) is 15.7. The number of fused-ring (bicyclic) bond motifs is 1. The lowest BCUT2D eigenvalue weighted by atomic mass is 10.1. The number of ketones is 1. The molecule has 0 aliphatic heterocycles. The minimum Gasteiger partial charge on any atom is -0.494 e. The second kappa shape index (κ2) is 6.58. The average Bonchev–Trinajstić information content (AvgIpc) is 2.98. The Labute approximate surface area is 133 Å². The molecule has 0 bridgehead atoms. The Morgan fingerprint density at radius 3 is 2.68 bits per heavy atom. The fourth-order valence-corrected chi connectivity index (χ4v) is 3.22. The molecule has 0 radical (unpaired) electrons. The molecular formula is C19H16O2S. The first kappa shape index (κ1) is 14.5. The van der Waals surface area contributed by atoms with Crippen molar-refractivity contribution in [2.24, 2.45) is 0 Å². The molecule has 3 rings (SSSR count). The van der Waals surface area contributed by atoms with Gasteiger partial charge < -0.3 is 4.74 Å². The van der Waals surface area contributed by atoms with E-state index >= 15 is 0 Å². The Hall–Kier alpha value is -2.39. The normalized spacial score (nSPS) is 11.1. The third kappa shape index (κ3) is 3.10. The van der Waals surface area contributed by atoms with E-state index in [0.29, 0.717) is 6.61 Å². The summed E-state index contributed by atoms with van der Waals surface area (Å²) in [5.74, 6) is 0.876. The molecule has 0 saturated heterocycles. The third-order valence-electron chi connectivity index (χ3n) is 3.36. The molecular weight excluding hydrogens is 292 g/mol. The monoisotopic (exact) mass is 308 g/mol. The lowest BCUT2D eigenvalue weighted by Gasteiger charge is -2.02. The first-order valence-corrected chi connectivity index (χ1v) is 8.07. The van der Waals surface area contributed by atoms with E-state index in [9.17, 15) is 4.79 Å². The Balaban J connectivity index is 1.78. The first-order valence-electron chi connectivity index (χ1n) is 7.19. The number of benzene rings is 2. The summed E-state index contributed by atoms with van der Waals surface area (Å²) in [6.07, 6.45) is 3.47. The predicted octanol–water partition coefficient (Wildman–Crippen LogP) is 5.20. The molecule has 0 saturated carbocycles. The maximum atomic E-state index is 12.4. The molecule has 3 aromatic rings. The van der Waals surface area contributed by atoms with Crippen molar-refractivity contribution in [1.29, 1.82) is 0 Å². The molecule has 0 atom stereocenters. The Morgan fingerprint density at radius 2 is 1.91 bits per heavy atom. The first-order chi connectivity index (χ1) is 10.8. The molecule has 0 spiro atoms. The van der Waals surface area contributed by atoms with Crippen LogP contribution >= 0.6 is 11.3 Å². The number of carbonyl (C=O) groups is 1. The van der Waals surface area contributed by atoms with Gasteiger partial charge in [0.05, 0.1) is 6.61 Å². The standard InChI is InChI=1S/C19H16O2S/c1-2-21-15-10-7-14(8-11-15)9-12-18(20)17-13-22-19-6-4-3-5-16(17)19/h3-13H,2H2,1H3. The van der Waals surface area contributed by atoms with Crippen LogP contribution in [0.25, 0.3) is 16.2 Å². The Morgan fingerprint density at radius 1 is 1.14 bits per heavy atom. The average molecular weight is 308 g/mol. The molecule has 0 unspecified atom stereocenters. The van der Waals surface area contributed by atoms with Gasteiger partial charge in [-0.1, -0.05) is 36.4 Å². The van der Waals surface area contributed by atoms with Crippen molar-refractivity contribution in [2.45, 2.75) is 6.92 Å². The molecule has 0 N–H and O–H groups in total. The van der Waals surface area contributed by atoms with Gasteiger partial charge in [-0.25, -0.2) is 0 Å².